The molecule has 0 aromatic heterocycles. The molecule has 0 saturated heterocycles. The maximum atomic E-state index is 11.2. The van der Waals surface area contributed by atoms with Gasteiger partial charge in [0.15, 0.2) is 0 Å². The number of esters is 1. The molecule has 13 heavy (non-hydrogen) atoms. The molecular weight excluding hydrogens is 164 g/mol. The van der Waals surface area contributed by atoms with Gasteiger partial charge in [-0.25, -0.2) is 4.79 Å². The summed E-state index contributed by atoms with van der Waals surface area (Å²) in [4.78, 5) is 11.2. The van der Waals surface area contributed by atoms with E-state index in [1.807, 2.05) is 6.92 Å². The van der Waals surface area contributed by atoms with Crippen LogP contribution in [0.3, 0.4) is 0 Å². The Bertz CT molecular complexity index is 186. The summed E-state index contributed by atoms with van der Waals surface area (Å²) in [7, 11) is 0. The number of hydrogen-bond acceptors (Lipinski definition) is 2. The maximum Gasteiger partial charge on any atom is 0.330 e. The van der Waals surface area contributed by atoms with E-state index in [4.69, 9.17) is 4.74 Å². The zero-order valence-electron chi connectivity index (χ0n) is 8.34. The quantitative estimate of drug-likeness (QED) is 0.495. The fourth-order valence-corrected chi connectivity index (χ4v) is 1.56. The van der Waals surface area contributed by atoms with Crippen LogP contribution < -0.4 is 0 Å². The summed E-state index contributed by atoms with van der Waals surface area (Å²) in [6.07, 6.45) is 8.52. The van der Waals surface area contributed by atoms with Gasteiger partial charge in [-0.3, -0.25) is 0 Å². The van der Waals surface area contributed by atoms with Gasteiger partial charge in [-0.15, -0.1) is 0 Å². The van der Waals surface area contributed by atoms with Crippen molar-refractivity contribution in [2.24, 2.45) is 0 Å². The summed E-state index contributed by atoms with van der Waals surface area (Å²) in [5, 5.41) is 0. The van der Waals surface area contributed by atoms with Gasteiger partial charge in [0.1, 0.15) is 0 Å². The van der Waals surface area contributed by atoms with Crippen molar-refractivity contribution in [2.75, 3.05) is 6.61 Å². The Labute approximate surface area is 80.0 Å². The second-order valence-corrected chi connectivity index (χ2v) is 3.53. The first-order valence-electron chi connectivity index (χ1n) is 5.19. The molecule has 2 heteroatoms. The van der Waals surface area contributed by atoms with E-state index in [0.717, 1.165) is 19.3 Å². The van der Waals surface area contributed by atoms with E-state index in [9.17, 15) is 4.79 Å². The SMILES string of the molecule is CCCOC(=O)C=C1CCCCC1. The average molecular weight is 182 g/mol. The van der Waals surface area contributed by atoms with E-state index in [1.165, 1.54) is 24.8 Å². The molecule has 0 heterocycles. The number of hydrogen-bond donors (Lipinski definition) is 0. The van der Waals surface area contributed by atoms with E-state index >= 15 is 0 Å². The lowest BCUT2D eigenvalue weighted by atomic mass is 9.95. The Morgan fingerprint density at radius 3 is 2.69 bits per heavy atom. The number of allylic oxidation sites excluding steroid dienone is 1. The molecule has 0 aromatic carbocycles. The topological polar surface area (TPSA) is 26.3 Å². The Kier molecular flexibility index (Phi) is 4.58. The molecule has 74 valence electrons. The largest absolute Gasteiger partial charge is 0.463 e. The lowest BCUT2D eigenvalue weighted by molar-refractivity contribution is -0.137. The summed E-state index contributed by atoms with van der Waals surface area (Å²) < 4.78 is 4.98. The van der Waals surface area contributed by atoms with Crippen molar-refractivity contribution in [3.8, 4) is 0 Å². The minimum atomic E-state index is -0.154. The van der Waals surface area contributed by atoms with E-state index in [-0.39, 0.29) is 5.97 Å². The second kappa shape index (κ2) is 5.79. The van der Waals surface area contributed by atoms with Crippen LogP contribution >= 0.6 is 0 Å². The molecule has 0 aliphatic heterocycles. The first kappa shape index (κ1) is 10.3. The van der Waals surface area contributed by atoms with Crippen LogP contribution in [0, 0.1) is 0 Å². The first-order chi connectivity index (χ1) is 6.33. The van der Waals surface area contributed by atoms with E-state index in [0.29, 0.717) is 6.61 Å². The highest BCUT2D eigenvalue weighted by Gasteiger charge is 2.07. The lowest BCUT2D eigenvalue weighted by Crippen LogP contribution is -2.04. The summed E-state index contributed by atoms with van der Waals surface area (Å²) in [6, 6.07) is 0. The Morgan fingerprint density at radius 1 is 1.38 bits per heavy atom. The van der Waals surface area contributed by atoms with Crippen molar-refractivity contribution >= 4 is 5.97 Å². The zero-order chi connectivity index (χ0) is 9.52. The average Bonchev–Trinajstić information content (AvgIpc) is 2.16. The molecule has 0 aromatic rings. The normalized spacial score (nSPS) is 16.8. The first-order valence-corrected chi connectivity index (χ1v) is 5.19. The molecule has 1 rings (SSSR count). The van der Waals surface area contributed by atoms with Crippen LogP contribution in [0.4, 0.5) is 0 Å². The van der Waals surface area contributed by atoms with Gasteiger partial charge in [0.2, 0.25) is 0 Å². The van der Waals surface area contributed by atoms with Crippen molar-refractivity contribution in [3.63, 3.8) is 0 Å². The van der Waals surface area contributed by atoms with Gasteiger partial charge in [0.05, 0.1) is 6.61 Å². The minimum Gasteiger partial charge on any atom is -0.463 e. The third-order valence-corrected chi connectivity index (χ3v) is 2.27. The van der Waals surface area contributed by atoms with Gasteiger partial charge >= 0.3 is 5.97 Å². The van der Waals surface area contributed by atoms with E-state index < -0.39 is 0 Å². The Hall–Kier alpha value is -0.790. The molecule has 0 atom stereocenters. The fourth-order valence-electron chi connectivity index (χ4n) is 1.56. The van der Waals surface area contributed by atoms with Crippen LogP contribution in [-0.4, -0.2) is 12.6 Å². The van der Waals surface area contributed by atoms with E-state index in [1.54, 1.807) is 6.08 Å². The van der Waals surface area contributed by atoms with Crippen molar-refractivity contribution < 1.29 is 9.53 Å². The molecular formula is C11H18O2. The molecule has 0 spiro atoms. The van der Waals surface area contributed by atoms with Crippen LogP contribution in [0.5, 0.6) is 0 Å². The van der Waals surface area contributed by atoms with Crippen molar-refractivity contribution in [1.82, 2.24) is 0 Å². The van der Waals surface area contributed by atoms with Crippen LogP contribution in [-0.2, 0) is 9.53 Å². The molecule has 1 aliphatic rings. The third kappa shape index (κ3) is 4.11. The highest BCUT2D eigenvalue weighted by Crippen LogP contribution is 2.22. The standard InChI is InChI=1S/C11H18O2/c1-2-8-13-11(12)9-10-6-4-3-5-7-10/h9H,2-8H2,1H3. The lowest BCUT2D eigenvalue weighted by Gasteiger charge is -2.12. The van der Waals surface area contributed by atoms with Crippen LogP contribution in [0.25, 0.3) is 0 Å². The number of ether oxygens (including phenoxy) is 1. The van der Waals surface area contributed by atoms with Gasteiger partial charge in [-0.05, 0) is 32.1 Å². The predicted molar refractivity (Wildman–Crippen MR) is 52.4 cm³/mol. The molecule has 2 nitrogen and oxygen atoms in total. The number of rotatable bonds is 3. The highest BCUT2D eigenvalue weighted by molar-refractivity contribution is 5.82. The van der Waals surface area contributed by atoms with Crippen LogP contribution in [0.2, 0.25) is 0 Å². The van der Waals surface area contributed by atoms with Crippen LogP contribution in [0.15, 0.2) is 11.6 Å². The number of carbonyl (C=O) groups is 1. The van der Waals surface area contributed by atoms with Crippen molar-refractivity contribution in [3.05, 3.63) is 11.6 Å². The zero-order valence-corrected chi connectivity index (χ0v) is 8.34. The van der Waals surface area contributed by atoms with E-state index in [2.05, 4.69) is 0 Å². The summed E-state index contributed by atoms with van der Waals surface area (Å²) >= 11 is 0. The minimum absolute atomic E-state index is 0.154. The molecule has 1 saturated carbocycles. The smallest absolute Gasteiger partial charge is 0.330 e. The molecule has 0 N–H and O–H groups in total. The fraction of sp³-hybridized carbons (Fsp3) is 0.727. The van der Waals surface area contributed by atoms with Gasteiger partial charge in [-0.2, -0.15) is 0 Å². The second-order valence-electron chi connectivity index (χ2n) is 3.53. The highest BCUT2D eigenvalue weighted by atomic mass is 16.5. The van der Waals surface area contributed by atoms with Crippen LogP contribution in [0.1, 0.15) is 45.4 Å². The molecule has 0 amide bonds. The van der Waals surface area contributed by atoms with Gasteiger partial charge in [0, 0.05) is 6.08 Å². The Balaban J connectivity index is 2.30. The van der Waals surface area contributed by atoms with Crippen molar-refractivity contribution in [2.45, 2.75) is 45.4 Å². The molecule has 0 radical (unpaired) electrons. The van der Waals surface area contributed by atoms with Gasteiger partial charge in [-0.1, -0.05) is 18.9 Å². The predicted octanol–water partition coefficient (Wildman–Crippen LogP) is 2.83. The Morgan fingerprint density at radius 2 is 2.08 bits per heavy atom. The summed E-state index contributed by atoms with van der Waals surface area (Å²) in [5.41, 5.74) is 1.27. The van der Waals surface area contributed by atoms with Crippen molar-refractivity contribution in [1.29, 1.82) is 0 Å². The maximum absolute atomic E-state index is 11.2. The van der Waals surface area contributed by atoms with Gasteiger partial charge in [0.25, 0.3) is 0 Å². The third-order valence-electron chi connectivity index (χ3n) is 2.27. The molecule has 1 fully saturated rings. The number of carbonyl (C=O) groups excluding carboxylic acids is 1. The monoisotopic (exact) mass is 182 g/mol. The molecule has 0 bridgehead atoms. The van der Waals surface area contributed by atoms with Gasteiger partial charge < -0.3 is 4.74 Å². The molecule has 1 aliphatic carbocycles. The summed E-state index contributed by atoms with van der Waals surface area (Å²) in [6.45, 7) is 2.55. The molecule has 0 unspecified atom stereocenters. The summed E-state index contributed by atoms with van der Waals surface area (Å²) in [5.74, 6) is -0.154.